The molecule has 1 heterocycles. The Bertz CT molecular complexity index is 743. The maximum Gasteiger partial charge on any atom is 0.194 e. The number of rotatable bonds is 6. The van der Waals surface area contributed by atoms with Crippen LogP contribution in [0, 0.1) is 5.82 Å². The van der Waals surface area contributed by atoms with E-state index in [0.29, 0.717) is 13.1 Å². The molecule has 26 heavy (non-hydrogen) atoms. The van der Waals surface area contributed by atoms with Crippen LogP contribution in [0.25, 0.3) is 0 Å². The van der Waals surface area contributed by atoms with Crippen LogP contribution in [0.2, 0.25) is 5.02 Å². The summed E-state index contributed by atoms with van der Waals surface area (Å²) in [6, 6.07) is 4.66. The van der Waals surface area contributed by atoms with Gasteiger partial charge < -0.3 is 15.0 Å². The van der Waals surface area contributed by atoms with E-state index >= 15 is 0 Å². The molecule has 144 valence electrons. The fourth-order valence-corrected chi connectivity index (χ4v) is 3.26. The number of halogens is 3. The zero-order valence-corrected chi connectivity index (χ0v) is 19.0. The second kappa shape index (κ2) is 11.0. The quantitative estimate of drug-likeness (QED) is 0.353. The van der Waals surface area contributed by atoms with Gasteiger partial charge in [0.2, 0.25) is 0 Å². The molecule has 2 rings (SSSR count). The number of hydrogen-bond acceptors (Lipinski definition) is 4. The van der Waals surface area contributed by atoms with Crippen LogP contribution in [-0.2, 0) is 17.8 Å². The first kappa shape index (κ1) is 23.1. The summed E-state index contributed by atoms with van der Waals surface area (Å²) in [5.74, 6) is 0.298. The van der Waals surface area contributed by atoms with E-state index in [-0.39, 0.29) is 35.1 Å². The maximum atomic E-state index is 13.2. The molecule has 1 aromatic carbocycles. The SMILES string of the molecule is CN=C(NCc1ccc(F)c(Cl)c1)N(C)Cc1csc(C(C)OC)n1.I. The Balaban J connectivity index is 0.00000338. The van der Waals surface area contributed by atoms with Gasteiger partial charge in [-0.25, -0.2) is 9.37 Å². The Morgan fingerprint density at radius 3 is 2.85 bits per heavy atom. The highest BCUT2D eigenvalue weighted by Gasteiger charge is 2.13. The molecule has 0 aliphatic heterocycles. The maximum absolute atomic E-state index is 13.2. The second-order valence-electron chi connectivity index (χ2n) is 5.56. The van der Waals surface area contributed by atoms with Crippen LogP contribution in [0.3, 0.4) is 0 Å². The van der Waals surface area contributed by atoms with Gasteiger partial charge in [-0.3, -0.25) is 4.99 Å². The predicted molar refractivity (Wildman–Crippen MR) is 116 cm³/mol. The third kappa shape index (κ3) is 6.33. The van der Waals surface area contributed by atoms with Crippen molar-refractivity contribution in [1.82, 2.24) is 15.2 Å². The van der Waals surface area contributed by atoms with Crippen molar-refractivity contribution in [2.45, 2.75) is 26.1 Å². The summed E-state index contributed by atoms with van der Waals surface area (Å²) >= 11 is 7.40. The van der Waals surface area contributed by atoms with E-state index in [9.17, 15) is 4.39 Å². The minimum Gasteiger partial charge on any atom is -0.375 e. The van der Waals surface area contributed by atoms with E-state index in [2.05, 4.69) is 15.3 Å². The van der Waals surface area contributed by atoms with Crippen LogP contribution in [0.5, 0.6) is 0 Å². The number of guanidine groups is 1. The van der Waals surface area contributed by atoms with Crippen molar-refractivity contribution < 1.29 is 9.13 Å². The van der Waals surface area contributed by atoms with Crippen LogP contribution in [-0.4, -0.2) is 37.0 Å². The van der Waals surface area contributed by atoms with Gasteiger partial charge in [-0.15, -0.1) is 35.3 Å². The number of nitrogens with zero attached hydrogens (tertiary/aromatic N) is 3. The summed E-state index contributed by atoms with van der Waals surface area (Å²) in [7, 11) is 5.33. The Labute approximate surface area is 179 Å². The molecule has 9 heteroatoms. The third-order valence-electron chi connectivity index (χ3n) is 3.68. The van der Waals surface area contributed by atoms with Gasteiger partial charge in [0.25, 0.3) is 0 Å². The van der Waals surface area contributed by atoms with Crippen molar-refractivity contribution in [3.63, 3.8) is 0 Å². The van der Waals surface area contributed by atoms with Crippen LogP contribution in [0.1, 0.15) is 29.3 Å². The first-order chi connectivity index (χ1) is 11.9. The smallest absolute Gasteiger partial charge is 0.194 e. The number of hydrogen-bond donors (Lipinski definition) is 1. The summed E-state index contributed by atoms with van der Waals surface area (Å²) in [5, 5.41) is 6.33. The molecule has 0 radical (unpaired) electrons. The van der Waals surface area contributed by atoms with Gasteiger partial charge in [0, 0.05) is 33.1 Å². The van der Waals surface area contributed by atoms with E-state index in [1.807, 2.05) is 24.3 Å². The molecule has 0 saturated carbocycles. The second-order valence-corrected chi connectivity index (χ2v) is 6.86. The van der Waals surface area contributed by atoms with Crippen molar-refractivity contribution in [1.29, 1.82) is 0 Å². The molecule has 1 N–H and O–H groups in total. The summed E-state index contributed by atoms with van der Waals surface area (Å²) in [6.07, 6.45) is -0.00952. The summed E-state index contributed by atoms with van der Waals surface area (Å²) in [4.78, 5) is 10.8. The van der Waals surface area contributed by atoms with E-state index in [4.69, 9.17) is 16.3 Å². The lowest BCUT2D eigenvalue weighted by Gasteiger charge is -2.21. The van der Waals surface area contributed by atoms with Crippen LogP contribution < -0.4 is 5.32 Å². The average Bonchev–Trinajstić information content (AvgIpc) is 3.06. The van der Waals surface area contributed by atoms with Gasteiger partial charge >= 0.3 is 0 Å². The molecule has 0 aliphatic carbocycles. The molecule has 0 spiro atoms. The Hall–Kier alpha value is -0.970. The highest BCUT2D eigenvalue weighted by molar-refractivity contribution is 14.0. The number of aromatic nitrogens is 1. The van der Waals surface area contributed by atoms with Gasteiger partial charge in [-0.2, -0.15) is 0 Å². The van der Waals surface area contributed by atoms with E-state index in [0.717, 1.165) is 22.2 Å². The van der Waals surface area contributed by atoms with Crippen molar-refractivity contribution in [3.05, 3.63) is 50.7 Å². The monoisotopic (exact) mass is 512 g/mol. The zero-order chi connectivity index (χ0) is 18.4. The first-order valence-corrected chi connectivity index (χ1v) is 9.03. The number of benzene rings is 1. The molecule has 5 nitrogen and oxygen atoms in total. The normalized spacial score (nSPS) is 12.5. The number of ether oxygens (including phenoxy) is 1. The van der Waals surface area contributed by atoms with Crippen molar-refractivity contribution >= 4 is 52.9 Å². The summed E-state index contributed by atoms with van der Waals surface area (Å²) < 4.78 is 18.5. The summed E-state index contributed by atoms with van der Waals surface area (Å²) in [6.45, 7) is 3.09. The lowest BCUT2D eigenvalue weighted by atomic mass is 10.2. The van der Waals surface area contributed by atoms with Crippen molar-refractivity contribution in [3.8, 4) is 0 Å². The van der Waals surface area contributed by atoms with Gasteiger partial charge in [0.1, 0.15) is 16.9 Å². The van der Waals surface area contributed by atoms with Gasteiger partial charge in [-0.05, 0) is 24.6 Å². The Morgan fingerprint density at radius 2 is 2.23 bits per heavy atom. The highest BCUT2D eigenvalue weighted by atomic mass is 127. The molecular formula is C17H23ClFIN4OS. The topological polar surface area (TPSA) is 49.8 Å². The fourth-order valence-electron chi connectivity index (χ4n) is 2.22. The first-order valence-electron chi connectivity index (χ1n) is 7.77. The van der Waals surface area contributed by atoms with Crippen LogP contribution in [0.15, 0.2) is 28.6 Å². The molecule has 2 aromatic rings. The van der Waals surface area contributed by atoms with Crippen molar-refractivity contribution in [2.75, 3.05) is 21.2 Å². The van der Waals surface area contributed by atoms with E-state index in [1.54, 1.807) is 37.6 Å². The van der Waals surface area contributed by atoms with E-state index < -0.39 is 5.82 Å². The number of methoxy groups -OCH3 is 1. The molecule has 0 bridgehead atoms. The van der Waals surface area contributed by atoms with E-state index in [1.165, 1.54) is 6.07 Å². The highest BCUT2D eigenvalue weighted by Crippen LogP contribution is 2.21. The molecule has 1 atom stereocenters. The number of thiazole rings is 1. The Morgan fingerprint density at radius 1 is 1.50 bits per heavy atom. The number of aliphatic imine (C=N–C) groups is 1. The predicted octanol–water partition coefficient (Wildman–Crippen LogP) is 4.47. The van der Waals surface area contributed by atoms with Crippen LogP contribution >= 0.6 is 46.9 Å². The molecular weight excluding hydrogens is 490 g/mol. The van der Waals surface area contributed by atoms with Gasteiger partial charge in [0.05, 0.1) is 17.3 Å². The average molecular weight is 513 g/mol. The standard InChI is InChI=1S/C17H22ClFN4OS.HI/c1-11(24-4)16-22-13(10-25-16)9-23(3)17(20-2)21-8-12-5-6-15(19)14(18)7-12;/h5-7,10-11H,8-9H2,1-4H3,(H,20,21);1H. The Kier molecular flexibility index (Phi) is 9.77. The molecule has 0 aliphatic rings. The van der Waals surface area contributed by atoms with Gasteiger partial charge in [-0.1, -0.05) is 17.7 Å². The molecule has 0 amide bonds. The zero-order valence-electron chi connectivity index (χ0n) is 15.1. The molecule has 0 saturated heterocycles. The lowest BCUT2D eigenvalue weighted by Crippen LogP contribution is -2.38. The lowest BCUT2D eigenvalue weighted by molar-refractivity contribution is 0.119. The minimum atomic E-state index is -0.420. The van der Waals surface area contributed by atoms with Crippen LogP contribution in [0.4, 0.5) is 4.39 Å². The van der Waals surface area contributed by atoms with Crippen molar-refractivity contribution in [2.24, 2.45) is 4.99 Å². The summed E-state index contributed by atoms with van der Waals surface area (Å²) in [5.41, 5.74) is 1.84. The third-order valence-corrected chi connectivity index (χ3v) is 5.02. The fraction of sp³-hybridized carbons (Fsp3) is 0.412. The van der Waals surface area contributed by atoms with Gasteiger partial charge in [0.15, 0.2) is 5.96 Å². The molecule has 0 fully saturated rings. The largest absolute Gasteiger partial charge is 0.375 e. The number of nitrogens with one attached hydrogen (secondary N) is 1. The molecule has 1 aromatic heterocycles. The molecule has 1 unspecified atom stereocenters. The minimum absolute atomic E-state index is 0.